The minimum atomic E-state index is 0.302. The Morgan fingerprint density at radius 2 is 1.93 bits per heavy atom. The van der Waals surface area contributed by atoms with E-state index in [1.807, 2.05) is 0 Å². The molecule has 0 radical (unpaired) electrons. The smallest absolute Gasteiger partial charge is 0.00387 e. The van der Waals surface area contributed by atoms with E-state index in [0.29, 0.717) is 11.5 Å². The third-order valence-electron chi connectivity index (χ3n) is 3.55. The Morgan fingerprint density at radius 3 is 2.33 bits per heavy atom. The van der Waals surface area contributed by atoms with Gasteiger partial charge in [0.15, 0.2) is 0 Å². The molecule has 0 bridgehead atoms. The van der Waals surface area contributed by atoms with Crippen molar-refractivity contribution in [2.75, 3.05) is 19.6 Å². The van der Waals surface area contributed by atoms with Gasteiger partial charge in [-0.3, -0.25) is 0 Å². The number of hydrogen-bond donors (Lipinski definition) is 1. The van der Waals surface area contributed by atoms with Crippen molar-refractivity contribution in [3.8, 4) is 0 Å². The molecule has 0 unspecified atom stereocenters. The lowest BCUT2D eigenvalue weighted by atomic mass is 9.89. The van der Waals surface area contributed by atoms with Gasteiger partial charge in [0.1, 0.15) is 0 Å². The molecule has 1 fully saturated rings. The molecule has 0 aromatic carbocycles. The fraction of sp³-hybridized carbons (Fsp3) is 1.00. The standard InChI is InChI=1S/C13H28N2/c1-11(2)15(9-12-5-6-12)8-7-13(3,4)10-14/h11-12H,5-10,14H2,1-4H3. The van der Waals surface area contributed by atoms with Crippen LogP contribution in [-0.2, 0) is 0 Å². The van der Waals surface area contributed by atoms with Crippen LogP contribution < -0.4 is 5.73 Å². The Kier molecular flexibility index (Phi) is 4.60. The maximum Gasteiger partial charge on any atom is 0.00387 e. The fourth-order valence-corrected chi connectivity index (χ4v) is 1.74. The minimum Gasteiger partial charge on any atom is -0.330 e. The number of rotatable bonds is 7. The van der Waals surface area contributed by atoms with Crippen LogP contribution in [0.5, 0.6) is 0 Å². The predicted molar refractivity (Wildman–Crippen MR) is 66.9 cm³/mol. The molecule has 2 nitrogen and oxygen atoms in total. The average molecular weight is 212 g/mol. The zero-order valence-electron chi connectivity index (χ0n) is 10.9. The van der Waals surface area contributed by atoms with E-state index in [4.69, 9.17) is 5.73 Å². The van der Waals surface area contributed by atoms with Gasteiger partial charge in [0, 0.05) is 12.6 Å². The van der Waals surface area contributed by atoms with E-state index in [2.05, 4.69) is 32.6 Å². The molecule has 0 heterocycles. The van der Waals surface area contributed by atoms with Crippen molar-refractivity contribution in [3.05, 3.63) is 0 Å². The molecule has 2 heteroatoms. The van der Waals surface area contributed by atoms with Crippen molar-refractivity contribution in [1.29, 1.82) is 0 Å². The molecule has 0 atom stereocenters. The molecule has 0 aromatic rings. The van der Waals surface area contributed by atoms with Crippen molar-refractivity contribution < 1.29 is 0 Å². The van der Waals surface area contributed by atoms with E-state index in [9.17, 15) is 0 Å². The van der Waals surface area contributed by atoms with Crippen molar-refractivity contribution in [2.45, 2.75) is 53.0 Å². The van der Waals surface area contributed by atoms with Gasteiger partial charge in [-0.2, -0.15) is 0 Å². The lowest BCUT2D eigenvalue weighted by molar-refractivity contribution is 0.178. The van der Waals surface area contributed by atoms with Crippen molar-refractivity contribution in [1.82, 2.24) is 4.90 Å². The third-order valence-corrected chi connectivity index (χ3v) is 3.55. The quantitative estimate of drug-likeness (QED) is 0.702. The van der Waals surface area contributed by atoms with E-state index in [1.165, 1.54) is 32.4 Å². The zero-order chi connectivity index (χ0) is 11.5. The summed E-state index contributed by atoms with van der Waals surface area (Å²) in [7, 11) is 0. The summed E-state index contributed by atoms with van der Waals surface area (Å²) in [4.78, 5) is 2.62. The Labute approximate surface area is 95.2 Å². The lowest BCUT2D eigenvalue weighted by Gasteiger charge is -2.31. The summed E-state index contributed by atoms with van der Waals surface area (Å²) in [6, 6.07) is 0.680. The van der Waals surface area contributed by atoms with Gasteiger partial charge in [-0.15, -0.1) is 0 Å². The van der Waals surface area contributed by atoms with Gasteiger partial charge in [-0.1, -0.05) is 13.8 Å². The Balaban J connectivity index is 2.30. The number of nitrogens with zero attached hydrogens (tertiary/aromatic N) is 1. The largest absolute Gasteiger partial charge is 0.330 e. The Hall–Kier alpha value is -0.0800. The topological polar surface area (TPSA) is 29.3 Å². The summed E-state index contributed by atoms with van der Waals surface area (Å²) in [6.45, 7) is 12.4. The highest BCUT2D eigenvalue weighted by Crippen LogP contribution is 2.31. The summed E-state index contributed by atoms with van der Waals surface area (Å²) in [5.41, 5.74) is 6.07. The van der Waals surface area contributed by atoms with Crippen LogP contribution in [0.1, 0.15) is 47.0 Å². The summed E-state index contributed by atoms with van der Waals surface area (Å²) >= 11 is 0. The van der Waals surface area contributed by atoms with Crippen LogP contribution >= 0.6 is 0 Å². The molecule has 0 amide bonds. The molecule has 0 saturated heterocycles. The van der Waals surface area contributed by atoms with Gasteiger partial charge in [0.05, 0.1) is 0 Å². The number of hydrogen-bond acceptors (Lipinski definition) is 2. The normalized spacial score (nSPS) is 17.8. The fourth-order valence-electron chi connectivity index (χ4n) is 1.74. The highest BCUT2D eigenvalue weighted by molar-refractivity contribution is 4.80. The first kappa shape index (κ1) is 13.0. The molecular formula is C13H28N2. The predicted octanol–water partition coefficient (Wildman–Crippen LogP) is 2.48. The second-order valence-electron chi connectivity index (χ2n) is 6.15. The van der Waals surface area contributed by atoms with Crippen molar-refractivity contribution in [2.24, 2.45) is 17.1 Å². The van der Waals surface area contributed by atoms with Gasteiger partial charge in [-0.25, -0.2) is 0 Å². The van der Waals surface area contributed by atoms with Gasteiger partial charge in [-0.05, 0) is 57.5 Å². The molecule has 1 aliphatic rings. The molecule has 0 spiro atoms. The molecule has 1 rings (SSSR count). The average Bonchev–Trinajstić information content (AvgIpc) is 2.95. The van der Waals surface area contributed by atoms with E-state index in [0.717, 1.165) is 12.5 Å². The Morgan fingerprint density at radius 1 is 1.33 bits per heavy atom. The van der Waals surface area contributed by atoms with E-state index < -0.39 is 0 Å². The first-order valence-corrected chi connectivity index (χ1v) is 6.39. The minimum absolute atomic E-state index is 0.302. The highest BCUT2D eigenvalue weighted by Gasteiger charge is 2.26. The zero-order valence-corrected chi connectivity index (χ0v) is 10.9. The molecule has 1 saturated carbocycles. The molecule has 0 aliphatic heterocycles. The first-order valence-electron chi connectivity index (χ1n) is 6.39. The molecular weight excluding hydrogens is 184 g/mol. The molecule has 90 valence electrons. The van der Waals surface area contributed by atoms with Crippen LogP contribution in [0.4, 0.5) is 0 Å². The number of nitrogens with two attached hydrogens (primary N) is 1. The van der Waals surface area contributed by atoms with Crippen LogP contribution in [0, 0.1) is 11.3 Å². The lowest BCUT2D eigenvalue weighted by Crippen LogP contribution is -2.37. The van der Waals surface area contributed by atoms with Gasteiger partial charge in [0.25, 0.3) is 0 Å². The van der Waals surface area contributed by atoms with Crippen LogP contribution in [-0.4, -0.2) is 30.6 Å². The second-order valence-corrected chi connectivity index (χ2v) is 6.15. The molecule has 15 heavy (non-hydrogen) atoms. The monoisotopic (exact) mass is 212 g/mol. The SMILES string of the molecule is CC(C)N(CCC(C)(C)CN)CC1CC1. The third kappa shape index (κ3) is 4.98. The van der Waals surface area contributed by atoms with Crippen LogP contribution in [0.3, 0.4) is 0 Å². The van der Waals surface area contributed by atoms with Gasteiger partial charge >= 0.3 is 0 Å². The summed E-state index contributed by atoms with van der Waals surface area (Å²) < 4.78 is 0. The molecule has 0 aromatic heterocycles. The van der Waals surface area contributed by atoms with Crippen molar-refractivity contribution >= 4 is 0 Å². The summed E-state index contributed by atoms with van der Waals surface area (Å²) in [6.07, 6.45) is 4.11. The van der Waals surface area contributed by atoms with E-state index in [1.54, 1.807) is 0 Å². The molecule has 2 N–H and O–H groups in total. The second kappa shape index (κ2) is 5.31. The van der Waals surface area contributed by atoms with Crippen molar-refractivity contribution in [3.63, 3.8) is 0 Å². The summed E-state index contributed by atoms with van der Waals surface area (Å²) in [5.74, 6) is 0.994. The Bertz CT molecular complexity index is 183. The van der Waals surface area contributed by atoms with E-state index >= 15 is 0 Å². The van der Waals surface area contributed by atoms with Crippen LogP contribution in [0.2, 0.25) is 0 Å². The first-order chi connectivity index (χ1) is 6.94. The van der Waals surface area contributed by atoms with E-state index in [-0.39, 0.29) is 0 Å². The van der Waals surface area contributed by atoms with Crippen LogP contribution in [0.15, 0.2) is 0 Å². The summed E-state index contributed by atoms with van der Waals surface area (Å²) in [5, 5.41) is 0. The van der Waals surface area contributed by atoms with Crippen LogP contribution in [0.25, 0.3) is 0 Å². The maximum atomic E-state index is 5.76. The maximum absolute atomic E-state index is 5.76. The van der Waals surface area contributed by atoms with Gasteiger partial charge in [0.2, 0.25) is 0 Å². The van der Waals surface area contributed by atoms with Gasteiger partial charge < -0.3 is 10.6 Å². The molecule has 1 aliphatic carbocycles. The highest BCUT2D eigenvalue weighted by atomic mass is 15.1.